The molecule has 7 heteroatoms. The molecule has 4 rings (SSSR count). The van der Waals surface area contributed by atoms with Crippen LogP contribution in [-0.4, -0.2) is 39.8 Å². The lowest BCUT2D eigenvalue weighted by Gasteiger charge is -2.24. The summed E-state index contributed by atoms with van der Waals surface area (Å²) in [7, 11) is 0. The summed E-state index contributed by atoms with van der Waals surface area (Å²) in [5.41, 5.74) is 1.70. The van der Waals surface area contributed by atoms with Gasteiger partial charge < -0.3 is 15.0 Å². The van der Waals surface area contributed by atoms with Crippen molar-refractivity contribution in [1.82, 2.24) is 14.9 Å². The zero-order valence-corrected chi connectivity index (χ0v) is 17.3. The lowest BCUT2D eigenvalue weighted by Crippen LogP contribution is -2.35. The molecule has 0 radical (unpaired) electrons. The number of nitrogens with one attached hydrogen (secondary N) is 1. The summed E-state index contributed by atoms with van der Waals surface area (Å²) >= 11 is 0. The van der Waals surface area contributed by atoms with Crippen LogP contribution in [0.1, 0.15) is 40.8 Å². The van der Waals surface area contributed by atoms with E-state index in [2.05, 4.69) is 15.3 Å². The number of likely N-dealkylation sites (tertiary alicyclic amines) is 1. The zero-order valence-electron chi connectivity index (χ0n) is 17.3. The van der Waals surface area contributed by atoms with Crippen LogP contribution in [0.5, 0.6) is 5.75 Å². The Hall–Kier alpha value is -3.74. The fourth-order valence-corrected chi connectivity index (χ4v) is 3.67. The summed E-state index contributed by atoms with van der Waals surface area (Å²) < 4.78 is 5.61. The molecule has 1 aromatic heterocycles. The number of rotatable bonds is 6. The second-order valence-corrected chi connectivity index (χ2v) is 7.39. The molecular weight excluding hydrogens is 392 g/mol. The van der Waals surface area contributed by atoms with Crippen molar-refractivity contribution in [3.63, 3.8) is 0 Å². The van der Waals surface area contributed by atoms with E-state index in [0.29, 0.717) is 35.1 Å². The monoisotopic (exact) mass is 416 g/mol. The van der Waals surface area contributed by atoms with Crippen LogP contribution in [0.15, 0.2) is 66.9 Å². The molecule has 1 aliphatic heterocycles. The molecule has 158 valence electrons. The van der Waals surface area contributed by atoms with E-state index < -0.39 is 0 Å². The number of anilines is 1. The van der Waals surface area contributed by atoms with Crippen LogP contribution < -0.4 is 10.1 Å². The number of hydrogen-bond acceptors (Lipinski definition) is 5. The number of carbonyl (C=O) groups is 2. The summed E-state index contributed by atoms with van der Waals surface area (Å²) in [5, 5.41) is 2.85. The van der Waals surface area contributed by atoms with Crippen molar-refractivity contribution >= 4 is 17.5 Å². The predicted molar refractivity (Wildman–Crippen MR) is 117 cm³/mol. The van der Waals surface area contributed by atoms with Crippen molar-refractivity contribution in [1.29, 1.82) is 0 Å². The third-order valence-electron chi connectivity index (χ3n) is 5.25. The molecule has 1 fully saturated rings. The molecule has 1 saturated heterocycles. The Balaban J connectivity index is 1.43. The maximum Gasteiger partial charge on any atom is 0.261 e. The average Bonchev–Trinajstić information content (AvgIpc) is 3.29. The molecule has 2 amide bonds. The quantitative estimate of drug-likeness (QED) is 0.661. The van der Waals surface area contributed by atoms with Crippen molar-refractivity contribution in [2.75, 3.05) is 18.5 Å². The van der Waals surface area contributed by atoms with Gasteiger partial charge in [-0.2, -0.15) is 0 Å². The van der Waals surface area contributed by atoms with Crippen LogP contribution >= 0.6 is 0 Å². The first-order valence-electron chi connectivity index (χ1n) is 10.3. The molecule has 7 nitrogen and oxygen atoms in total. The molecule has 0 spiro atoms. The first kappa shape index (κ1) is 20.5. The molecule has 3 aromatic rings. The molecule has 31 heavy (non-hydrogen) atoms. The van der Waals surface area contributed by atoms with Crippen LogP contribution in [0, 0.1) is 6.92 Å². The number of benzene rings is 2. The van der Waals surface area contributed by atoms with Crippen molar-refractivity contribution in [3.05, 3.63) is 83.9 Å². The van der Waals surface area contributed by atoms with Crippen LogP contribution in [0.2, 0.25) is 0 Å². The third-order valence-corrected chi connectivity index (χ3v) is 5.25. The lowest BCUT2D eigenvalue weighted by atomic mass is 10.1. The fourth-order valence-electron chi connectivity index (χ4n) is 3.67. The van der Waals surface area contributed by atoms with Gasteiger partial charge in [-0.25, -0.2) is 9.97 Å². The highest BCUT2D eigenvalue weighted by Crippen LogP contribution is 2.30. The summed E-state index contributed by atoms with van der Waals surface area (Å²) in [5.74, 6) is 0.858. The largest absolute Gasteiger partial charge is 0.484 e. The third kappa shape index (κ3) is 4.88. The highest BCUT2D eigenvalue weighted by Gasteiger charge is 2.32. The number of ether oxygens (including phenoxy) is 1. The predicted octanol–water partition coefficient (Wildman–Crippen LogP) is 3.78. The summed E-state index contributed by atoms with van der Waals surface area (Å²) in [4.78, 5) is 36.1. The number of nitrogens with zero attached hydrogens (tertiary/aromatic N) is 3. The molecule has 0 saturated carbocycles. The second kappa shape index (κ2) is 9.38. The maximum atomic E-state index is 12.7. The van der Waals surface area contributed by atoms with Crippen LogP contribution in [-0.2, 0) is 4.79 Å². The van der Waals surface area contributed by atoms with E-state index in [1.807, 2.05) is 60.7 Å². The molecule has 1 N–H and O–H groups in total. The van der Waals surface area contributed by atoms with E-state index >= 15 is 0 Å². The van der Waals surface area contributed by atoms with E-state index in [1.165, 1.54) is 6.20 Å². The van der Waals surface area contributed by atoms with E-state index in [-0.39, 0.29) is 24.5 Å². The van der Waals surface area contributed by atoms with Gasteiger partial charge in [0.25, 0.3) is 11.8 Å². The number of aryl methyl sites for hydroxylation is 1. The molecule has 0 unspecified atom stereocenters. The maximum absolute atomic E-state index is 12.7. The van der Waals surface area contributed by atoms with E-state index in [9.17, 15) is 9.59 Å². The van der Waals surface area contributed by atoms with Gasteiger partial charge in [-0.05, 0) is 44.0 Å². The number of para-hydroxylation sites is 2. The molecular formula is C24H24N4O3. The standard InChI is InChI=1S/C24H24N4O3/c1-17-20(24(30)27-18-9-4-2-5-10-18)15-25-23(26-17)21-13-8-14-28(21)22(29)16-31-19-11-6-3-7-12-19/h2-7,9-12,15,21H,8,13-14,16H2,1H3,(H,27,30)/t21-/m1/s1. The van der Waals surface area contributed by atoms with Crippen LogP contribution in [0.25, 0.3) is 0 Å². The number of hydrogen-bond donors (Lipinski definition) is 1. The fraction of sp³-hybridized carbons (Fsp3) is 0.250. The van der Waals surface area contributed by atoms with Crippen molar-refractivity contribution in [3.8, 4) is 5.75 Å². The minimum Gasteiger partial charge on any atom is -0.484 e. The van der Waals surface area contributed by atoms with Gasteiger partial charge in [0.15, 0.2) is 12.4 Å². The summed E-state index contributed by atoms with van der Waals surface area (Å²) in [6.45, 7) is 2.39. The number of amides is 2. The van der Waals surface area contributed by atoms with Gasteiger partial charge in [0, 0.05) is 18.4 Å². The van der Waals surface area contributed by atoms with Gasteiger partial charge in [-0.15, -0.1) is 0 Å². The molecule has 2 heterocycles. The molecule has 1 aliphatic rings. The smallest absolute Gasteiger partial charge is 0.261 e. The van der Waals surface area contributed by atoms with Gasteiger partial charge in [0.05, 0.1) is 17.3 Å². The van der Waals surface area contributed by atoms with Crippen molar-refractivity contribution < 1.29 is 14.3 Å². The number of aromatic nitrogens is 2. The topological polar surface area (TPSA) is 84.4 Å². The zero-order chi connectivity index (χ0) is 21.6. The minimum absolute atomic E-state index is 0.0307. The van der Waals surface area contributed by atoms with Gasteiger partial charge in [-0.3, -0.25) is 9.59 Å². The summed E-state index contributed by atoms with van der Waals surface area (Å²) in [6.07, 6.45) is 3.20. The summed E-state index contributed by atoms with van der Waals surface area (Å²) in [6, 6.07) is 18.3. The van der Waals surface area contributed by atoms with Crippen LogP contribution in [0.3, 0.4) is 0 Å². The first-order valence-corrected chi connectivity index (χ1v) is 10.3. The minimum atomic E-state index is -0.258. The Labute approximate surface area is 181 Å². The van der Waals surface area contributed by atoms with Gasteiger partial charge in [0.1, 0.15) is 5.75 Å². The molecule has 0 bridgehead atoms. The molecule has 0 aliphatic carbocycles. The molecule has 2 aromatic carbocycles. The van der Waals surface area contributed by atoms with Crippen LogP contribution in [0.4, 0.5) is 5.69 Å². The highest BCUT2D eigenvalue weighted by molar-refractivity contribution is 6.04. The van der Waals surface area contributed by atoms with E-state index in [1.54, 1.807) is 11.8 Å². The normalized spacial score (nSPS) is 15.5. The SMILES string of the molecule is Cc1nc([C@H]2CCCN2C(=O)COc2ccccc2)ncc1C(=O)Nc1ccccc1. The Morgan fingerprint density at radius 3 is 2.52 bits per heavy atom. The van der Waals surface area contributed by atoms with Gasteiger partial charge >= 0.3 is 0 Å². The van der Waals surface area contributed by atoms with Crippen molar-refractivity contribution in [2.45, 2.75) is 25.8 Å². The highest BCUT2D eigenvalue weighted by atomic mass is 16.5. The Morgan fingerprint density at radius 2 is 1.81 bits per heavy atom. The first-order chi connectivity index (χ1) is 15.1. The van der Waals surface area contributed by atoms with Gasteiger partial charge in [-0.1, -0.05) is 36.4 Å². The lowest BCUT2D eigenvalue weighted by molar-refractivity contribution is -0.134. The van der Waals surface area contributed by atoms with E-state index in [4.69, 9.17) is 4.74 Å². The Kier molecular flexibility index (Phi) is 6.21. The number of carbonyl (C=O) groups excluding carboxylic acids is 2. The average molecular weight is 416 g/mol. The second-order valence-electron chi connectivity index (χ2n) is 7.39. The molecule has 1 atom stereocenters. The Morgan fingerprint density at radius 1 is 1.10 bits per heavy atom. The van der Waals surface area contributed by atoms with Crippen molar-refractivity contribution in [2.24, 2.45) is 0 Å². The van der Waals surface area contributed by atoms with E-state index in [0.717, 1.165) is 12.8 Å². The van der Waals surface area contributed by atoms with Gasteiger partial charge in [0.2, 0.25) is 0 Å². The Bertz CT molecular complexity index is 1060.